The summed E-state index contributed by atoms with van der Waals surface area (Å²) >= 11 is 0. The number of nitrogens with zero attached hydrogens (tertiary/aromatic N) is 1. The maximum Gasteiger partial charge on any atom is 0.0693 e. The van der Waals surface area contributed by atoms with Crippen molar-refractivity contribution in [2.45, 2.75) is 34.1 Å². The Kier molecular flexibility index (Phi) is 8.01. The summed E-state index contributed by atoms with van der Waals surface area (Å²) in [6, 6.07) is 6.43. The van der Waals surface area contributed by atoms with Crippen molar-refractivity contribution < 1.29 is 0 Å². The monoisotopic (exact) mass is 314 g/mol. The minimum atomic E-state index is 0.828. The highest BCUT2D eigenvalue weighted by Gasteiger charge is 2.07. The first-order valence-corrected chi connectivity index (χ1v) is 8.30. The third kappa shape index (κ3) is 5.05. The molecule has 0 heterocycles. The molecule has 0 aliphatic carbocycles. The minimum Gasteiger partial charge on any atom is -0.316 e. The smallest absolute Gasteiger partial charge is 0.0693 e. The van der Waals surface area contributed by atoms with Gasteiger partial charge in [-0.05, 0) is 62.3 Å². The summed E-state index contributed by atoms with van der Waals surface area (Å²) in [4.78, 5) is 4.79. The molecule has 22 heavy (non-hydrogen) atoms. The second-order valence-electron chi connectivity index (χ2n) is 5.35. The van der Waals surface area contributed by atoms with Crippen LogP contribution < -0.4 is 5.32 Å². The van der Waals surface area contributed by atoms with Crippen LogP contribution in [0.3, 0.4) is 0 Å². The molecule has 0 saturated heterocycles. The number of aliphatic imine (C=N–C) groups is 1. The van der Waals surface area contributed by atoms with E-state index in [2.05, 4.69) is 59.2 Å². The van der Waals surface area contributed by atoms with Crippen LogP contribution in [0.1, 0.15) is 43.9 Å². The fourth-order valence-electron chi connectivity index (χ4n) is 2.19. The maximum atomic E-state index is 4.79. The summed E-state index contributed by atoms with van der Waals surface area (Å²) in [5.74, 6) is 1.93. The minimum absolute atomic E-state index is 0.828. The molecule has 0 amide bonds. The molecule has 118 valence electrons. The molecule has 0 bridgehead atoms. The SMILES string of the molecule is C\C=C(/C=N\C(=C(\C)CC)c1ccc(C=P)cc1C)CNC. The molecule has 0 radical (unpaired) electrons. The van der Waals surface area contributed by atoms with E-state index in [0.29, 0.717) is 0 Å². The number of likely N-dealkylation sites (N-methyl/N-ethyl adjacent to an activating group) is 1. The molecule has 1 aromatic rings. The first-order valence-electron chi connectivity index (χ1n) is 7.72. The largest absolute Gasteiger partial charge is 0.316 e. The first kappa shape index (κ1) is 18.5. The van der Waals surface area contributed by atoms with Crippen LogP contribution in [-0.4, -0.2) is 25.6 Å². The van der Waals surface area contributed by atoms with Gasteiger partial charge in [-0.15, -0.1) is 8.86 Å². The molecule has 0 saturated carbocycles. The average molecular weight is 314 g/mol. The average Bonchev–Trinajstić information content (AvgIpc) is 2.54. The van der Waals surface area contributed by atoms with Crippen molar-refractivity contribution in [3.05, 3.63) is 52.1 Å². The van der Waals surface area contributed by atoms with Crippen LogP contribution in [0.25, 0.3) is 5.70 Å². The highest BCUT2D eigenvalue weighted by molar-refractivity contribution is 7.19. The number of nitrogens with one attached hydrogen (secondary N) is 1. The zero-order valence-electron chi connectivity index (χ0n) is 14.3. The van der Waals surface area contributed by atoms with Gasteiger partial charge in [-0.2, -0.15) is 0 Å². The molecule has 0 spiro atoms. The number of hydrogen-bond donors (Lipinski definition) is 1. The molecule has 0 aliphatic heterocycles. The Bertz CT molecular complexity index is 610. The van der Waals surface area contributed by atoms with Crippen LogP contribution in [0.15, 0.2) is 40.4 Å². The van der Waals surface area contributed by atoms with Gasteiger partial charge in [0.15, 0.2) is 0 Å². The normalized spacial score (nSPS) is 13.4. The van der Waals surface area contributed by atoms with Crippen molar-refractivity contribution in [3.8, 4) is 0 Å². The molecule has 0 aliphatic rings. The Morgan fingerprint density at radius 2 is 2.09 bits per heavy atom. The Labute approximate surface area is 137 Å². The van der Waals surface area contributed by atoms with Crippen LogP contribution >= 0.6 is 8.86 Å². The van der Waals surface area contributed by atoms with E-state index in [4.69, 9.17) is 4.99 Å². The predicted molar refractivity (Wildman–Crippen MR) is 104 cm³/mol. The molecule has 1 aromatic carbocycles. The summed E-state index contributed by atoms with van der Waals surface area (Å²) in [5.41, 5.74) is 7.17. The quantitative estimate of drug-likeness (QED) is 0.574. The van der Waals surface area contributed by atoms with E-state index >= 15 is 0 Å². The Hall–Kier alpha value is -1.50. The van der Waals surface area contributed by atoms with Gasteiger partial charge in [-0.3, -0.25) is 4.99 Å². The van der Waals surface area contributed by atoms with Gasteiger partial charge in [0.1, 0.15) is 0 Å². The van der Waals surface area contributed by atoms with E-state index in [0.717, 1.165) is 18.7 Å². The van der Waals surface area contributed by atoms with Gasteiger partial charge in [0, 0.05) is 18.3 Å². The maximum absolute atomic E-state index is 4.79. The lowest BCUT2D eigenvalue weighted by molar-refractivity contribution is 0.903. The molecule has 0 aromatic heterocycles. The van der Waals surface area contributed by atoms with Gasteiger partial charge in [0.2, 0.25) is 0 Å². The van der Waals surface area contributed by atoms with E-state index in [1.54, 1.807) is 0 Å². The van der Waals surface area contributed by atoms with E-state index in [9.17, 15) is 0 Å². The standard InChI is InChI=1S/C19H27N2P/c1-6-14(3)19(21-12-16(7-2)11-20-5)18-9-8-17(13-22)10-15(18)4/h7-10,12-13,20,22H,6,11H2,1-5H3/b16-7-,19-14-,21-12-. The van der Waals surface area contributed by atoms with Gasteiger partial charge >= 0.3 is 0 Å². The summed E-state index contributed by atoms with van der Waals surface area (Å²) in [6.07, 6.45) is 5.05. The molecule has 3 heteroatoms. The third-order valence-corrected chi connectivity index (χ3v) is 4.05. The highest BCUT2D eigenvalue weighted by Crippen LogP contribution is 2.25. The van der Waals surface area contributed by atoms with E-state index in [-0.39, 0.29) is 0 Å². The van der Waals surface area contributed by atoms with E-state index < -0.39 is 0 Å². The van der Waals surface area contributed by atoms with Crippen molar-refractivity contribution in [2.24, 2.45) is 4.99 Å². The van der Waals surface area contributed by atoms with Crippen molar-refractivity contribution in [1.82, 2.24) is 5.32 Å². The Morgan fingerprint density at radius 3 is 2.59 bits per heavy atom. The molecule has 0 fully saturated rings. The van der Waals surface area contributed by atoms with Crippen molar-refractivity contribution in [3.63, 3.8) is 0 Å². The number of benzene rings is 1. The predicted octanol–water partition coefficient (Wildman–Crippen LogP) is 4.67. The lowest BCUT2D eigenvalue weighted by Gasteiger charge is -2.11. The van der Waals surface area contributed by atoms with Gasteiger partial charge in [0.25, 0.3) is 0 Å². The van der Waals surface area contributed by atoms with E-state index in [1.807, 2.05) is 26.0 Å². The van der Waals surface area contributed by atoms with Gasteiger partial charge in [-0.25, -0.2) is 0 Å². The van der Waals surface area contributed by atoms with Crippen LogP contribution in [0.2, 0.25) is 0 Å². The fraction of sp³-hybridized carbons (Fsp3) is 0.368. The van der Waals surface area contributed by atoms with Gasteiger partial charge in [0.05, 0.1) is 5.70 Å². The summed E-state index contributed by atoms with van der Waals surface area (Å²) in [5, 5.41) is 3.17. The van der Waals surface area contributed by atoms with Crippen LogP contribution in [0.5, 0.6) is 0 Å². The molecule has 0 unspecified atom stereocenters. The summed E-state index contributed by atoms with van der Waals surface area (Å²) in [6.45, 7) is 9.33. The van der Waals surface area contributed by atoms with Crippen molar-refractivity contribution in [1.29, 1.82) is 0 Å². The topological polar surface area (TPSA) is 24.4 Å². The van der Waals surface area contributed by atoms with Crippen LogP contribution in [-0.2, 0) is 0 Å². The molecule has 1 N–H and O–H groups in total. The number of hydrogen-bond acceptors (Lipinski definition) is 2. The Morgan fingerprint density at radius 1 is 1.36 bits per heavy atom. The number of rotatable bonds is 7. The van der Waals surface area contributed by atoms with Crippen LogP contribution in [0.4, 0.5) is 0 Å². The summed E-state index contributed by atoms with van der Waals surface area (Å²) in [7, 11) is 5.39. The van der Waals surface area contributed by atoms with E-state index in [1.165, 1.54) is 27.8 Å². The molecular formula is C19H27N2P. The Balaban J connectivity index is 3.27. The number of allylic oxidation sites excluding steroid dienone is 2. The molecular weight excluding hydrogens is 287 g/mol. The zero-order valence-corrected chi connectivity index (χ0v) is 15.3. The molecule has 1 rings (SSSR count). The zero-order chi connectivity index (χ0) is 16.5. The van der Waals surface area contributed by atoms with Crippen molar-refractivity contribution >= 4 is 26.6 Å². The fourth-order valence-corrected chi connectivity index (χ4v) is 2.37. The third-order valence-electron chi connectivity index (χ3n) is 3.72. The van der Waals surface area contributed by atoms with Gasteiger partial charge < -0.3 is 5.32 Å². The second-order valence-corrected chi connectivity index (χ2v) is 5.64. The number of aryl methyl sites for hydroxylation is 1. The lowest BCUT2D eigenvalue weighted by Crippen LogP contribution is -2.11. The van der Waals surface area contributed by atoms with Crippen molar-refractivity contribution in [2.75, 3.05) is 13.6 Å². The molecule has 0 atom stereocenters. The highest BCUT2D eigenvalue weighted by atomic mass is 31.0. The van der Waals surface area contributed by atoms with Crippen LogP contribution in [0, 0.1) is 6.92 Å². The summed E-state index contributed by atoms with van der Waals surface area (Å²) < 4.78 is 0. The molecule has 2 nitrogen and oxygen atoms in total. The second kappa shape index (κ2) is 9.50. The van der Waals surface area contributed by atoms with Gasteiger partial charge in [-0.1, -0.05) is 31.2 Å². The first-order chi connectivity index (χ1) is 10.6. The lowest BCUT2D eigenvalue weighted by atomic mass is 9.99.